The molecule has 2 heterocycles. The standard InChI is InChI=1S/C11H11N3O4/c15-14(16)7-2-1-3-8-10(7)18-9(6-17-8)11-12-4-5-13-11/h1-3,9H,4-6H2,(H,12,13). The summed E-state index contributed by atoms with van der Waals surface area (Å²) in [7, 11) is 0. The van der Waals surface area contributed by atoms with E-state index in [4.69, 9.17) is 9.47 Å². The predicted molar refractivity (Wildman–Crippen MR) is 63.3 cm³/mol. The third-order valence-corrected chi connectivity index (χ3v) is 2.81. The van der Waals surface area contributed by atoms with Crippen molar-refractivity contribution in [2.24, 2.45) is 4.99 Å². The first-order valence-electron chi connectivity index (χ1n) is 5.61. The minimum atomic E-state index is -0.478. The summed E-state index contributed by atoms with van der Waals surface area (Å²) < 4.78 is 11.1. The molecule has 7 nitrogen and oxygen atoms in total. The molecule has 0 bridgehead atoms. The molecule has 2 aliphatic rings. The largest absolute Gasteiger partial charge is 0.485 e. The summed E-state index contributed by atoms with van der Waals surface area (Å²) in [6.07, 6.45) is -0.402. The van der Waals surface area contributed by atoms with E-state index in [-0.39, 0.29) is 11.4 Å². The van der Waals surface area contributed by atoms with Gasteiger partial charge in [-0.1, -0.05) is 6.07 Å². The number of nitrogens with one attached hydrogen (secondary N) is 1. The average molecular weight is 249 g/mol. The van der Waals surface area contributed by atoms with Crippen molar-refractivity contribution in [2.75, 3.05) is 19.7 Å². The smallest absolute Gasteiger partial charge is 0.314 e. The van der Waals surface area contributed by atoms with Crippen LogP contribution in [0, 0.1) is 10.1 Å². The maximum Gasteiger partial charge on any atom is 0.314 e. The van der Waals surface area contributed by atoms with Gasteiger partial charge < -0.3 is 14.8 Å². The fraction of sp³-hybridized carbons (Fsp3) is 0.364. The van der Waals surface area contributed by atoms with Crippen molar-refractivity contribution in [3.63, 3.8) is 0 Å². The van der Waals surface area contributed by atoms with E-state index >= 15 is 0 Å². The molecule has 0 fully saturated rings. The topological polar surface area (TPSA) is 86.0 Å². The van der Waals surface area contributed by atoms with Gasteiger partial charge in [0.05, 0.1) is 11.5 Å². The van der Waals surface area contributed by atoms with Crippen molar-refractivity contribution in [3.8, 4) is 11.5 Å². The molecule has 0 spiro atoms. The second-order valence-electron chi connectivity index (χ2n) is 3.97. The molecular formula is C11H11N3O4. The molecule has 0 amide bonds. The van der Waals surface area contributed by atoms with Crippen molar-refractivity contribution in [3.05, 3.63) is 28.3 Å². The van der Waals surface area contributed by atoms with Crippen molar-refractivity contribution in [1.82, 2.24) is 5.32 Å². The predicted octanol–water partition coefficient (Wildman–Crippen LogP) is 0.736. The van der Waals surface area contributed by atoms with Crippen LogP contribution in [0.4, 0.5) is 5.69 Å². The Kier molecular flexibility index (Phi) is 2.51. The van der Waals surface area contributed by atoms with Crippen LogP contribution in [0.5, 0.6) is 11.5 Å². The molecule has 7 heteroatoms. The van der Waals surface area contributed by atoms with Gasteiger partial charge in [0.15, 0.2) is 11.9 Å². The van der Waals surface area contributed by atoms with E-state index in [0.717, 1.165) is 6.54 Å². The molecule has 0 radical (unpaired) electrons. The van der Waals surface area contributed by atoms with Gasteiger partial charge in [-0.2, -0.15) is 0 Å². The minimum absolute atomic E-state index is 0.0872. The Morgan fingerprint density at radius 1 is 1.50 bits per heavy atom. The molecule has 94 valence electrons. The molecule has 0 aliphatic carbocycles. The van der Waals surface area contributed by atoms with E-state index in [1.165, 1.54) is 6.07 Å². The number of amidine groups is 1. The van der Waals surface area contributed by atoms with E-state index in [1.807, 2.05) is 0 Å². The second-order valence-corrected chi connectivity index (χ2v) is 3.97. The van der Waals surface area contributed by atoms with Crippen LogP contribution in [-0.4, -0.2) is 36.6 Å². The van der Waals surface area contributed by atoms with Gasteiger partial charge in [0.25, 0.3) is 0 Å². The molecule has 2 aliphatic heterocycles. The zero-order valence-corrected chi connectivity index (χ0v) is 9.46. The van der Waals surface area contributed by atoms with Gasteiger partial charge in [-0.15, -0.1) is 0 Å². The third kappa shape index (κ3) is 1.73. The number of para-hydroxylation sites is 1. The Morgan fingerprint density at radius 3 is 3.11 bits per heavy atom. The average Bonchev–Trinajstić information content (AvgIpc) is 2.91. The molecule has 1 atom stereocenters. The number of benzene rings is 1. The Balaban J connectivity index is 1.93. The number of ether oxygens (including phenoxy) is 2. The van der Waals surface area contributed by atoms with Gasteiger partial charge in [-0.25, -0.2) is 0 Å². The Morgan fingerprint density at radius 2 is 2.39 bits per heavy atom. The number of nitro groups is 1. The second kappa shape index (κ2) is 4.17. The van der Waals surface area contributed by atoms with Gasteiger partial charge >= 0.3 is 5.69 Å². The molecule has 0 saturated heterocycles. The fourth-order valence-corrected chi connectivity index (χ4v) is 1.99. The number of hydrogen-bond donors (Lipinski definition) is 1. The minimum Gasteiger partial charge on any atom is -0.485 e. The molecule has 18 heavy (non-hydrogen) atoms. The lowest BCUT2D eigenvalue weighted by Gasteiger charge is -2.26. The van der Waals surface area contributed by atoms with Crippen molar-refractivity contribution < 1.29 is 14.4 Å². The lowest BCUT2D eigenvalue weighted by molar-refractivity contribution is -0.386. The summed E-state index contributed by atoms with van der Waals surface area (Å²) in [6, 6.07) is 4.63. The van der Waals surface area contributed by atoms with E-state index in [2.05, 4.69) is 10.3 Å². The molecule has 0 saturated carbocycles. The van der Waals surface area contributed by atoms with Crippen LogP contribution >= 0.6 is 0 Å². The summed E-state index contributed by atoms with van der Waals surface area (Å²) in [5.74, 6) is 1.27. The first kappa shape index (κ1) is 10.8. The first-order valence-corrected chi connectivity index (χ1v) is 5.61. The zero-order valence-electron chi connectivity index (χ0n) is 9.46. The zero-order chi connectivity index (χ0) is 12.5. The van der Waals surface area contributed by atoms with Crippen molar-refractivity contribution in [1.29, 1.82) is 0 Å². The van der Waals surface area contributed by atoms with Crippen molar-refractivity contribution in [2.45, 2.75) is 6.10 Å². The number of hydrogen-bond acceptors (Lipinski definition) is 6. The summed E-state index contributed by atoms with van der Waals surface area (Å²) in [5.41, 5.74) is -0.0872. The molecule has 1 aromatic rings. The lowest BCUT2D eigenvalue weighted by Crippen LogP contribution is -2.42. The molecule has 3 rings (SSSR count). The van der Waals surface area contributed by atoms with Gasteiger partial charge in [0.2, 0.25) is 5.75 Å². The highest BCUT2D eigenvalue weighted by Crippen LogP contribution is 2.39. The van der Waals surface area contributed by atoms with Crippen LogP contribution in [0.1, 0.15) is 0 Å². The summed E-state index contributed by atoms with van der Waals surface area (Å²) in [4.78, 5) is 14.7. The summed E-state index contributed by atoms with van der Waals surface area (Å²) in [5, 5.41) is 14.0. The van der Waals surface area contributed by atoms with Crippen LogP contribution in [0.25, 0.3) is 0 Å². The number of rotatable bonds is 2. The quantitative estimate of drug-likeness (QED) is 0.617. The van der Waals surface area contributed by atoms with E-state index in [9.17, 15) is 10.1 Å². The highest BCUT2D eigenvalue weighted by atomic mass is 16.6. The highest BCUT2D eigenvalue weighted by molar-refractivity contribution is 5.88. The van der Waals surface area contributed by atoms with Crippen LogP contribution in [0.2, 0.25) is 0 Å². The molecule has 0 aromatic heterocycles. The number of aliphatic imine (C=N–C) groups is 1. The summed E-state index contributed by atoms with van der Waals surface area (Å²) >= 11 is 0. The third-order valence-electron chi connectivity index (χ3n) is 2.81. The van der Waals surface area contributed by atoms with Gasteiger partial charge in [0.1, 0.15) is 12.4 Å². The maximum atomic E-state index is 10.9. The summed E-state index contributed by atoms with van der Waals surface area (Å²) in [6.45, 7) is 1.76. The van der Waals surface area contributed by atoms with Gasteiger partial charge in [0, 0.05) is 12.6 Å². The maximum absolute atomic E-state index is 10.9. The molecular weight excluding hydrogens is 238 g/mol. The SMILES string of the molecule is O=[N+]([O-])c1cccc2c1OC(C1=NCCN1)CO2. The Labute approximate surface area is 103 Å². The Bertz CT molecular complexity index is 529. The van der Waals surface area contributed by atoms with Crippen molar-refractivity contribution >= 4 is 11.5 Å². The van der Waals surface area contributed by atoms with Crippen LogP contribution < -0.4 is 14.8 Å². The van der Waals surface area contributed by atoms with Crippen LogP contribution in [-0.2, 0) is 0 Å². The first-order chi connectivity index (χ1) is 8.75. The molecule has 1 unspecified atom stereocenters. The monoisotopic (exact) mass is 249 g/mol. The Hall–Kier alpha value is -2.31. The lowest BCUT2D eigenvalue weighted by atomic mass is 10.2. The normalized spacial score (nSPS) is 21.1. The molecule has 1 N–H and O–H groups in total. The fourth-order valence-electron chi connectivity index (χ4n) is 1.99. The highest BCUT2D eigenvalue weighted by Gasteiger charge is 2.32. The van der Waals surface area contributed by atoms with Crippen LogP contribution in [0.3, 0.4) is 0 Å². The van der Waals surface area contributed by atoms with E-state index < -0.39 is 11.0 Å². The number of nitro benzene ring substituents is 1. The van der Waals surface area contributed by atoms with Crippen LogP contribution in [0.15, 0.2) is 23.2 Å². The number of fused-ring (bicyclic) bond motifs is 1. The van der Waals surface area contributed by atoms with Gasteiger partial charge in [-0.05, 0) is 6.07 Å². The van der Waals surface area contributed by atoms with E-state index in [1.54, 1.807) is 12.1 Å². The molecule has 1 aromatic carbocycles. The number of nitrogens with zero attached hydrogens (tertiary/aromatic N) is 2. The van der Waals surface area contributed by atoms with E-state index in [0.29, 0.717) is 24.7 Å². The van der Waals surface area contributed by atoms with Gasteiger partial charge in [-0.3, -0.25) is 15.1 Å².